The van der Waals surface area contributed by atoms with E-state index in [1.807, 2.05) is 6.92 Å². The lowest BCUT2D eigenvalue weighted by Crippen LogP contribution is -2.26. The normalized spacial score (nSPS) is 12.4. The number of anilines is 1. The Hall–Kier alpha value is -1.72. The summed E-state index contributed by atoms with van der Waals surface area (Å²) < 4.78 is 1.41. The molecule has 0 saturated heterocycles. The molecular weight excluding hydrogens is 184 g/mol. The minimum atomic E-state index is -0.400. The zero-order chi connectivity index (χ0) is 10.6. The Morgan fingerprint density at radius 2 is 2.43 bits per heavy atom. The maximum Gasteiger partial charge on any atom is 0.349 e. The monoisotopic (exact) mass is 196 g/mol. The molecule has 1 aromatic rings. The first-order valence-electron chi connectivity index (χ1n) is 4.25. The number of nitroso groups, excluding NO2 is 1. The molecule has 0 radical (unpaired) electrons. The van der Waals surface area contributed by atoms with Crippen LogP contribution < -0.4 is 11.4 Å². The number of aromatic nitrogens is 2. The lowest BCUT2D eigenvalue weighted by molar-refractivity contribution is 0.476. The number of nitrogens with two attached hydrogens (primary N) is 1. The molecule has 0 bridgehead atoms. The van der Waals surface area contributed by atoms with Gasteiger partial charge in [-0.25, -0.2) is 4.79 Å². The summed E-state index contributed by atoms with van der Waals surface area (Å²) in [5.41, 5.74) is 4.92. The predicted octanol–water partition coefficient (Wildman–Crippen LogP) is 0.228. The first kappa shape index (κ1) is 10.4. The molecule has 0 aromatic carbocycles. The molecule has 0 aliphatic heterocycles. The van der Waals surface area contributed by atoms with Crippen molar-refractivity contribution in [1.82, 2.24) is 9.55 Å². The summed E-state index contributed by atoms with van der Waals surface area (Å²) in [7, 11) is 0. The molecule has 0 saturated carbocycles. The fraction of sp³-hybridized carbons (Fsp3) is 0.500. The first-order chi connectivity index (χ1) is 6.63. The van der Waals surface area contributed by atoms with Gasteiger partial charge in [-0.05, 0) is 12.0 Å². The third kappa shape index (κ3) is 2.65. The topological polar surface area (TPSA) is 90.3 Å². The van der Waals surface area contributed by atoms with Crippen LogP contribution in [0, 0.1) is 10.8 Å². The van der Waals surface area contributed by atoms with Gasteiger partial charge >= 0.3 is 5.69 Å². The Morgan fingerprint density at radius 1 is 1.71 bits per heavy atom. The fourth-order valence-electron chi connectivity index (χ4n) is 1.10. The molecule has 0 aliphatic rings. The van der Waals surface area contributed by atoms with E-state index in [9.17, 15) is 9.70 Å². The van der Waals surface area contributed by atoms with Crippen LogP contribution in [-0.2, 0) is 6.54 Å². The summed E-state index contributed by atoms with van der Waals surface area (Å²) in [5, 5.41) is 2.77. The highest BCUT2D eigenvalue weighted by Gasteiger charge is 2.05. The molecule has 6 nitrogen and oxygen atoms in total. The van der Waals surface area contributed by atoms with E-state index in [1.54, 1.807) is 12.3 Å². The van der Waals surface area contributed by atoms with E-state index >= 15 is 0 Å². The van der Waals surface area contributed by atoms with E-state index in [0.29, 0.717) is 6.54 Å². The van der Waals surface area contributed by atoms with Crippen molar-refractivity contribution in [3.63, 3.8) is 0 Å². The van der Waals surface area contributed by atoms with Gasteiger partial charge < -0.3 is 5.73 Å². The van der Waals surface area contributed by atoms with Gasteiger partial charge in [-0.3, -0.25) is 4.57 Å². The SMILES string of the molecule is C[C@H](CN=O)Cn1ccc(N)nc1=O. The third-order valence-corrected chi connectivity index (χ3v) is 1.79. The highest BCUT2D eigenvalue weighted by atomic mass is 16.3. The van der Waals surface area contributed by atoms with Crippen molar-refractivity contribution in [2.75, 3.05) is 12.3 Å². The number of hydrogen-bond acceptors (Lipinski definition) is 5. The minimum Gasteiger partial charge on any atom is -0.383 e. The fourth-order valence-corrected chi connectivity index (χ4v) is 1.10. The first-order valence-corrected chi connectivity index (χ1v) is 4.25. The Kier molecular flexibility index (Phi) is 3.33. The summed E-state index contributed by atoms with van der Waals surface area (Å²) >= 11 is 0. The Labute approximate surface area is 80.7 Å². The molecule has 76 valence electrons. The van der Waals surface area contributed by atoms with Crippen molar-refractivity contribution < 1.29 is 0 Å². The number of hydrogen-bond donors (Lipinski definition) is 1. The molecular formula is C8H12N4O2. The van der Waals surface area contributed by atoms with Gasteiger partial charge in [0, 0.05) is 12.7 Å². The molecule has 0 amide bonds. The quantitative estimate of drug-likeness (QED) is 0.698. The van der Waals surface area contributed by atoms with E-state index < -0.39 is 5.69 Å². The van der Waals surface area contributed by atoms with Gasteiger partial charge in [0.2, 0.25) is 0 Å². The van der Waals surface area contributed by atoms with Crippen molar-refractivity contribution in [2.24, 2.45) is 11.1 Å². The Bertz CT molecular complexity index is 374. The van der Waals surface area contributed by atoms with Crippen LogP contribution in [0.1, 0.15) is 6.92 Å². The van der Waals surface area contributed by atoms with Gasteiger partial charge in [0.1, 0.15) is 5.82 Å². The van der Waals surface area contributed by atoms with Crippen LogP contribution in [-0.4, -0.2) is 16.1 Å². The van der Waals surface area contributed by atoms with Gasteiger partial charge in [-0.15, -0.1) is 0 Å². The van der Waals surface area contributed by atoms with Crippen LogP contribution in [0.15, 0.2) is 22.2 Å². The molecule has 0 fully saturated rings. The van der Waals surface area contributed by atoms with E-state index in [2.05, 4.69) is 10.2 Å². The van der Waals surface area contributed by atoms with Crippen LogP contribution in [0.4, 0.5) is 5.82 Å². The molecule has 1 rings (SSSR count). The van der Waals surface area contributed by atoms with Crippen molar-refractivity contribution in [2.45, 2.75) is 13.5 Å². The maximum absolute atomic E-state index is 11.2. The molecule has 0 aliphatic carbocycles. The van der Waals surface area contributed by atoms with Crippen LogP contribution in [0.3, 0.4) is 0 Å². The Morgan fingerprint density at radius 3 is 3.00 bits per heavy atom. The maximum atomic E-state index is 11.2. The van der Waals surface area contributed by atoms with Crippen LogP contribution in [0.5, 0.6) is 0 Å². The summed E-state index contributed by atoms with van der Waals surface area (Å²) in [6.07, 6.45) is 1.56. The second kappa shape index (κ2) is 4.50. The molecule has 1 heterocycles. The molecule has 14 heavy (non-hydrogen) atoms. The molecule has 0 unspecified atom stereocenters. The van der Waals surface area contributed by atoms with E-state index in [4.69, 9.17) is 5.73 Å². The molecule has 2 N–H and O–H groups in total. The van der Waals surface area contributed by atoms with E-state index in [-0.39, 0.29) is 18.3 Å². The van der Waals surface area contributed by atoms with E-state index in [1.165, 1.54) is 4.57 Å². The summed E-state index contributed by atoms with van der Waals surface area (Å²) in [4.78, 5) is 24.8. The third-order valence-electron chi connectivity index (χ3n) is 1.79. The van der Waals surface area contributed by atoms with Gasteiger partial charge in [-0.1, -0.05) is 12.1 Å². The van der Waals surface area contributed by atoms with Gasteiger partial charge in [-0.2, -0.15) is 9.89 Å². The van der Waals surface area contributed by atoms with Gasteiger partial charge in [0.05, 0.1) is 6.54 Å². The van der Waals surface area contributed by atoms with Gasteiger partial charge in [0.15, 0.2) is 0 Å². The lowest BCUT2D eigenvalue weighted by atomic mass is 10.2. The second-order valence-corrected chi connectivity index (χ2v) is 3.20. The summed E-state index contributed by atoms with van der Waals surface area (Å²) in [6, 6.07) is 1.54. The summed E-state index contributed by atoms with van der Waals surface area (Å²) in [5.74, 6) is 0.225. The average Bonchev–Trinajstić information content (AvgIpc) is 2.10. The number of nitrogen functional groups attached to an aromatic ring is 1. The largest absolute Gasteiger partial charge is 0.383 e. The molecule has 1 atom stereocenters. The lowest BCUT2D eigenvalue weighted by Gasteiger charge is -2.08. The predicted molar refractivity (Wildman–Crippen MR) is 52.7 cm³/mol. The molecule has 6 heteroatoms. The Balaban J connectivity index is 2.77. The zero-order valence-corrected chi connectivity index (χ0v) is 7.88. The van der Waals surface area contributed by atoms with Crippen LogP contribution in [0.2, 0.25) is 0 Å². The van der Waals surface area contributed by atoms with Crippen molar-refractivity contribution in [3.8, 4) is 0 Å². The average molecular weight is 196 g/mol. The zero-order valence-electron chi connectivity index (χ0n) is 7.88. The summed E-state index contributed by atoms with van der Waals surface area (Å²) in [6.45, 7) is 2.46. The van der Waals surface area contributed by atoms with Crippen molar-refractivity contribution in [3.05, 3.63) is 27.7 Å². The van der Waals surface area contributed by atoms with Crippen molar-refractivity contribution in [1.29, 1.82) is 0 Å². The number of rotatable bonds is 4. The molecule has 1 aromatic heterocycles. The number of nitrogens with zero attached hydrogens (tertiary/aromatic N) is 3. The van der Waals surface area contributed by atoms with Crippen molar-refractivity contribution >= 4 is 5.82 Å². The smallest absolute Gasteiger partial charge is 0.349 e. The minimum absolute atomic E-state index is 0.0237. The van der Waals surface area contributed by atoms with Crippen LogP contribution in [0.25, 0.3) is 0 Å². The highest BCUT2D eigenvalue weighted by molar-refractivity contribution is 5.23. The molecule has 0 spiro atoms. The van der Waals surface area contributed by atoms with Crippen LogP contribution >= 0.6 is 0 Å². The highest BCUT2D eigenvalue weighted by Crippen LogP contribution is 1.99. The second-order valence-electron chi connectivity index (χ2n) is 3.20. The van der Waals surface area contributed by atoms with E-state index in [0.717, 1.165) is 0 Å². The van der Waals surface area contributed by atoms with Gasteiger partial charge in [0.25, 0.3) is 0 Å². The standard InChI is InChI=1S/C8H12N4O2/c1-6(4-10-14)5-12-3-2-7(9)11-8(12)13/h2-3,6H,4-5H2,1H3,(H2,9,11,13)/t6-/m1/s1.